The fourth-order valence-electron chi connectivity index (χ4n) is 7.23. The maximum Gasteiger partial charge on any atom is 0.306 e. The molecule has 352 valence electrons. The Morgan fingerprint density at radius 1 is 0.355 bits per heavy atom. The standard InChI is InChI=1S/C50H74I6O6/c51-41-37-43(53)49(44(54)38-41)61-35-27-23-19-15-11-7-3-1-5-9-13-17-21-25-31-47(57)59-33-29-30-34-60-48(58)32-26-22-18-14-10-6-2-4-8-12-16-20-24-28-36-62-50-45(55)39-42(52)40-46(50)56/h29-30,37-40H,1-28,31-36H2/b30-29-. The first-order valence-corrected chi connectivity index (χ1v) is 30.2. The van der Waals surface area contributed by atoms with Gasteiger partial charge in [0.1, 0.15) is 24.7 Å². The Hall–Kier alpha value is 1.10. The fourth-order valence-corrected chi connectivity index (χ4v) is 15.0. The van der Waals surface area contributed by atoms with Gasteiger partial charge in [0.2, 0.25) is 0 Å². The van der Waals surface area contributed by atoms with Gasteiger partial charge in [-0.2, -0.15) is 0 Å². The molecule has 0 saturated heterocycles. The van der Waals surface area contributed by atoms with E-state index in [9.17, 15) is 9.59 Å². The minimum atomic E-state index is -0.144. The zero-order valence-corrected chi connectivity index (χ0v) is 50.2. The van der Waals surface area contributed by atoms with Gasteiger partial charge in [0.15, 0.2) is 0 Å². The van der Waals surface area contributed by atoms with Crippen molar-refractivity contribution in [3.8, 4) is 11.5 Å². The molecule has 0 unspecified atom stereocenters. The Morgan fingerprint density at radius 3 is 0.839 bits per heavy atom. The summed E-state index contributed by atoms with van der Waals surface area (Å²) in [5, 5.41) is 0. The Kier molecular flexibility index (Phi) is 39.3. The van der Waals surface area contributed by atoms with Gasteiger partial charge in [0, 0.05) is 20.0 Å². The van der Waals surface area contributed by atoms with Gasteiger partial charge in [0.05, 0.1) is 27.5 Å². The molecular weight excluding hydrogens is 1460 g/mol. The molecule has 0 amide bonds. The van der Waals surface area contributed by atoms with E-state index in [4.69, 9.17) is 18.9 Å². The van der Waals surface area contributed by atoms with Gasteiger partial charge in [0.25, 0.3) is 0 Å². The molecule has 0 atom stereocenters. The number of ether oxygens (including phenoxy) is 4. The van der Waals surface area contributed by atoms with E-state index < -0.39 is 0 Å². The number of carbonyl (C=O) groups excluding carboxylic acids is 2. The van der Waals surface area contributed by atoms with Crippen molar-refractivity contribution in [1.82, 2.24) is 0 Å². The van der Waals surface area contributed by atoms with Crippen LogP contribution >= 0.6 is 136 Å². The summed E-state index contributed by atoms with van der Waals surface area (Å²) in [7, 11) is 0. The summed E-state index contributed by atoms with van der Waals surface area (Å²) in [4.78, 5) is 24.1. The summed E-state index contributed by atoms with van der Waals surface area (Å²) in [6, 6.07) is 8.69. The molecule has 0 bridgehead atoms. The molecule has 6 nitrogen and oxygen atoms in total. The van der Waals surface area contributed by atoms with Gasteiger partial charge in [-0.15, -0.1) is 0 Å². The lowest BCUT2D eigenvalue weighted by Gasteiger charge is -2.11. The van der Waals surface area contributed by atoms with Crippen LogP contribution in [0.1, 0.15) is 193 Å². The Labute approximate surface area is 458 Å². The first kappa shape index (κ1) is 59.2. The maximum atomic E-state index is 12.0. The van der Waals surface area contributed by atoms with Gasteiger partial charge in [-0.25, -0.2) is 0 Å². The minimum absolute atomic E-state index is 0.144. The van der Waals surface area contributed by atoms with Crippen molar-refractivity contribution in [3.63, 3.8) is 0 Å². The molecule has 0 aliphatic heterocycles. The summed E-state index contributed by atoms with van der Waals surface area (Å²) in [5.74, 6) is 1.80. The molecule has 0 aliphatic carbocycles. The van der Waals surface area contributed by atoms with Crippen LogP contribution in [0.5, 0.6) is 11.5 Å². The number of benzene rings is 2. The van der Waals surface area contributed by atoms with Crippen molar-refractivity contribution in [1.29, 1.82) is 0 Å². The lowest BCUT2D eigenvalue weighted by Crippen LogP contribution is -2.05. The number of esters is 2. The molecule has 2 aromatic rings. The number of hydrogen-bond acceptors (Lipinski definition) is 6. The largest absolute Gasteiger partial charge is 0.491 e. The van der Waals surface area contributed by atoms with Crippen molar-refractivity contribution in [2.45, 2.75) is 193 Å². The average molecular weight is 1530 g/mol. The highest BCUT2D eigenvalue weighted by Gasteiger charge is 2.10. The fraction of sp³-hybridized carbons (Fsp3) is 0.680. The molecule has 0 aromatic heterocycles. The van der Waals surface area contributed by atoms with Crippen molar-refractivity contribution in [3.05, 3.63) is 57.8 Å². The molecule has 0 radical (unpaired) electrons. The third kappa shape index (κ3) is 32.7. The second-order valence-electron chi connectivity index (χ2n) is 16.3. The molecule has 0 aliphatic rings. The molecule has 2 rings (SSSR count). The van der Waals surface area contributed by atoms with E-state index in [0.29, 0.717) is 12.8 Å². The van der Waals surface area contributed by atoms with E-state index in [1.54, 1.807) is 12.2 Å². The van der Waals surface area contributed by atoms with Crippen molar-refractivity contribution in [2.75, 3.05) is 26.4 Å². The van der Waals surface area contributed by atoms with Gasteiger partial charge in [-0.3, -0.25) is 9.59 Å². The normalized spacial score (nSPS) is 11.4. The quantitative estimate of drug-likeness (QED) is 0.0287. The highest BCUT2D eigenvalue weighted by Crippen LogP contribution is 2.31. The molecule has 0 heterocycles. The third-order valence-electron chi connectivity index (χ3n) is 10.8. The van der Waals surface area contributed by atoms with Crippen LogP contribution in [0.25, 0.3) is 0 Å². The maximum absolute atomic E-state index is 12.0. The highest BCUT2D eigenvalue weighted by atomic mass is 127. The average Bonchev–Trinajstić information content (AvgIpc) is 3.22. The summed E-state index contributed by atoms with van der Waals surface area (Å²) < 4.78 is 30.1. The zero-order chi connectivity index (χ0) is 44.9. The van der Waals surface area contributed by atoms with Gasteiger partial charge >= 0.3 is 11.9 Å². The van der Waals surface area contributed by atoms with Gasteiger partial charge in [-0.05, 0) is 198 Å². The monoisotopic (exact) mass is 1530 g/mol. The lowest BCUT2D eigenvalue weighted by atomic mass is 10.0. The Bertz CT molecular complexity index is 1350. The summed E-state index contributed by atoms with van der Waals surface area (Å²) in [6.07, 6.45) is 39.5. The Balaban J connectivity index is 1.23. The molecule has 0 saturated carbocycles. The number of carbonyl (C=O) groups is 2. The highest BCUT2D eigenvalue weighted by molar-refractivity contribution is 14.1. The smallest absolute Gasteiger partial charge is 0.306 e. The van der Waals surface area contributed by atoms with Crippen molar-refractivity contribution < 1.29 is 28.5 Å². The second-order valence-corrected chi connectivity index (χ2v) is 23.5. The number of hydrogen-bond donors (Lipinski definition) is 0. The van der Waals surface area contributed by atoms with Crippen LogP contribution in [0.4, 0.5) is 0 Å². The van der Waals surface area contributed by atoms with E-state index in [1.807, 2.05) is 0 Å². The van der Waals surface area contributed by atoms with Crippen molar-refractivity contribution in [2.24, 2.45) is 0 Å². The van der Waals surface area contributed by atoms with E-state index >= 15 is 0 Å². The summed E-state index contributed by atoms with van der Waals surface area (Å²) in [6.45, 7) is 2.10. The molecule has 62 heavy (non-hydrogen) atoms. The van der Waals surface area contributed by atoms with E-state index in [2.05, 4.69) is 160 Å². The molecule has 0 spiro atoms. The number of rotatable bonds is 40. The van der Waals surface area contributed by atoms with Crippen LogP contribution in [0, 0.1) is 21.4 Å². The molecular formula is C50H74I6O6. The third-order valence-corrected chi connectivity index (χ3v) is 15.3. The lowest BCUT2D eigenvalue weighted by molar-refractivity contribution is -0.143. The number of unbranched alkanes of at least 4 members (excludes halogenated alkanes) is 26. The van der Waals surface area contributed by atoms with Gasteiger partial charge < -0.3 is 18.9 Å². The first-order chi connectivity index (χ1) is 30.2. The zero-order valence-electron chi connectivity index (χ0n) is 37.2. The predicted octanol–water partition coefficient (Wildman–Crippen LogP) is 18.1. The Morgan fingerprint density at radius 2 is 0.581 bits per heavy atom. The van der Waals surface area contributed by atoms with Gasteiger partial charge in [-0.1, -0.05) is 154 Å². The SMILES string of the molecule is O=C(CCCCCCCCCCCCCCCCOc1c(I)cc(I)cc1I)OC/C=C\COC(=O)CCCCCCCCCCCCCCCCOc1c(I)cc(I)cc1I. The van der Waals surface area contributed by atoms with Crippen LogP contribution in [0.15, 0.2) is 36.4 Å². The van der Waals surface area contributed by atoms with Crippen LogP contribution < -0.4 is 9.47 Å². The van der Waals surface area contributed by atoms with Crippen LogP contribution in [-0.2, 0) is 19.1 Å². The van der Waals surface area contributed by atoms with Crippen molar-refractivity contribution >= 4 is 147 Å². The predicted molar refractivity (Wildman–Crippen MR) is 310 cm³/mol. The second kappa shape index (κ2) is 41.1. The van der Waals surface area contributed by atoms with Crippen LogP contribution in [0.2, 0.25) is 0 Å². The molecule has 0 N–H and O–H groups in total. The number of halogens is 6. The molecule has 12 heteroatoms. The topological polar surface area (TPSA) is 71.1 Å². The minimum Gasteiger partial charge on any atom is -0.491 e. The van der Waals surface area contributed by atoms with Crippen LogP contribution in [-0.4, -0.2) is 38.4 Å². The van der Waals surface area contributed by atoms with Crippen LogP contribution in [0.3, 0.4) is 0 Å². The molecule has 0 fully saturated rings. The first-order valence-electron chi connectivity index (χ1n) is 23.7. The summed E-state index contributed by atoms with van der Waals surface area (Å²) in [5.41, 5.74) is 0. The molecule has 2 aromatic carbocycles. The van der Waals surface area contributed by atoms with E-state index in [-0.39, 0.29) is 25.2 Å². The van der Waals surface area contributed by atoms with E-state index in [1.165, 1.54) is 163 Å². The van der Waals surface area contributed by atoms with E-state index in [0.717, 1.165) is 63.2 Å². The summed E-state index contributed by atoms with van der Waals surface area (Å²) >= 11 is 14.2.